The van der Waals surface area contributed by atoms with Crippen molar-refractivity contribution in [2.24, 2.45) is 0 Å². The number of aliphatic hydroxyl groups excluding tert-OH is 1. The minimum atomic E-state index is -0.501. The summed E-state index contributed by atoms with van der Waals surface area (Å²) in [6, 6.07) is 7.56. The van der Waals surface area contributed by atoms with Gasteiger partial charge in [-0.2, -0.15) is 0 Å². The first-order chi connectivity index (χ1) is 8.58. The zero-order chi connectivity index (χ0) is 13.4. The molecule has 0 aliphatic carbocycles. The predicted octanol–water partition coefficient (Wildman–Crippen LogP) is 2.74. The number of hydrogen-bond acceptors (Lipinski definition) is 3. The molecule has 0 fully saturated rings. The van der Waals surface area contributed by atoms with Gasteiger partial charge in [0, 0.05) is 17.6 Å². The number of ether oxygens (including phenoxy) is 1. The van der Waals surface area contributed by atoms with E-state index in [4.69, 9.17) is 4.74 Å². The van der Waals surface area contributed by atoms with Crippen molar-refractivity contribution in [2.45, 2.75) is 20.0 Å². The predicted molar refractivity (Wildman–Crippen MR) is 77.9 cm³/mol. The molecule has 100 valence electrons. The molecule has 1 aromatic carbocycles. The van der Waals surface area contributed by atoms with Crippen molar-refractivity contribution in [1.82, 2.24) is 5.32 Å². The second kappa shape index (κ2) is 8.29. The molecule has 0 spiro atoms. The van der Waals surface area contributed by atoms with Crippen LogP contribution in [0.4, 0.5) is 0 Å². The minimum absolute atomic E-state index is 0.295. The van der Waals surface area contributed by atoms with Crippen molar-refractivity contribution in [1.29, 1.82) is 0 Å². The molecule has 0 heterocycles. The number of nitrogens with one attached hydrogen (secondary N) is 1. The van der Waals surface area contributed by atoms with Crippen LogP contribution in [0.5, 0.6) is 5.75 Å². The van der Waals surface area contributed by atoms with Crippen LogP contribution in [0.3, 0.4) is 0 Å². The summed E-state index contributed by atoms with van der Waals surface area (Å²) in [5.41, 5.74) is 1.27. The number of halogens is 1. The molecule has 1 rings (SSSR count). The molecule has 0 aliphatic heterocycles. The quantitative estimate of drug-likeness (QED) is 0.601. The van der Waals surface area contributed by atoms with Gasteiger partial charge >= 0.3 is 0 Å². The number of rotatable bonds is 7. The van der Waals surface area contributed by atoms with Gasteiger partial charge < -0.3 is 15.2 Å². The maximum Gasteiger partial charge on any atom is 0.119 e. The van der Waals surface area contributed by atoms with Crippen molar-refractivity contribution in [3.8, 4) is 5.75 Å². The van der Waals surface area contributed by atoms with Crippen LogP contribution >= 0.6 is 15.9 Å². The lowest BCUT2D eigenvalue weighted by Crippen LogP contribution is -2.31. The Hall–Kier alpha value is -0.840. The van der Waals surface area contributed by atoms with E-state index in [1.54, 1.807) is 0 Å². The molecule has 0 saturated carbocycles. The summed E-state index contributed by atoms with van der Waals surface area (Å²) < 4.78 is 6.49. The molecule has 1 atom stereocenters. The van der Waals surface area contributed by atoms with E-state index < -0.39 is 6.10 Å². The van der Waals surface area contributed by atoms with Crippen LogP contribution in [-0.2, 0) is 0 Å². The summed E-state index contributed by atoms with van der Waals surface area (Å²) in [7, 11) is 0. The molecule has 0 saturated heterocycles. The van der Waals surface area contributed by atoms with Crippen LogP contribution in [0.1, 0.15) is 13.8 Å². The highest BCUT2D eigenvalue weighted by atomic mass is 79.9. The third-order valence-electron chi connectivity index (χ3n) is 2.29. The normalized spacial score (nSPS) is 12.0. The monoisotopic (exact) mass is 313 g/mol. The SMILES string of the molecule is CC(C)=CCNCC(O)COc1ccc(Br)cc1. The lowest BCUT2D eigenvalue weighted by Gasteiger charge is -2.12. The Kier molecular flexibility index (Phi) is 7.01. The van der Waals surface area contributed by atoms with E-state index in [2.05, 4.69) is 41.2 Å². The molecule has 0 radical (unpaired) electrons. The Morgan fingerprint density at radius 1 is 1.39 bits per heavy atom. The summed E-state index contributed by atoms with van der Waals surface area (Å²) in [6.45, 7) is 5.70. The standard InChI is InChI=1S/C14H20BrNO2/c1-11(2)7-8-16-9-13(17)10-18-14-5-3-12(15)4-6-14/h3-7,13,16-17H,8-10H2,1-2H3. The number of allylic oxidation sites excluding steroid dienone is 1. The van der Waals surface area contributed by atoms with Crippen molar-refractivity contribution >= 4 is 15.9 Å². The Labute approximate surface area is 117 Å². The van der Waals surface area contributed by atoms with Gasteiger partial charge in [0.2, 0.25) is 0 Å². The van der Waals surface area contributed by atoms with E-state index in [1.165, 1.54) is 5.57 Å². The van der Waals surface area contributed by atoms with Crippen molar-refractivity contribution in [3.63, 3.8) is 0 Å². The van der Waals surface area contributed by atoms with Gasteiger partial charge in [0.05, 0.1) is 0 Å². The first-order valence-electron chi connectivity index (χ1n) is 5.98. The highest BCUT2D eigenvalue weighted by Gasteiger charge is 2.04. The van der Waals surface area contributed by atoms with E-state index in [0.29, 0.717) is 13.2 Å². The van der Waals surface area contributed by atoms with Gasteiger partial charge in [-0.25, -0.2) is 0 Å². The molecule has 0 aliphatic rings. The lowest BCUT2D eigenvalue weighted by molar-refractivity contribution is 0.107. The average molecular weight is 314 g/mol. The summed E-state index contributed by atoms with van der Waals surface area (Å²) in [6.07, 6.45) is 1.58. The van der Waals surface area contributed by atoms with Gasteiger partial charge in [0.25, 0.3) is 0 Å². The van der Waals surface area contributed by atoms with Crippen molar-refractivity contribution in [2.75, 3.05) is 19.7 Å². The number of benzene rings is 1. The van der Waals surface area contributed by atoms with E-state index in [0.717, 1.165) is 16.8 Å². The van der Waals surface area contributed by atoms with Crippen LogP contribution in [0.25, 0.3) is 0 Å². The van der Waals surface area contributed by atoms with Crippen molar-refractivity contribution in [3.05, 3.63) is 40.4 Å². The van der Waals surface area contributed by atoms with Gasteiger partial charge in [0.15, 0.2) is 0 Å². The first kappa shape index (κ1) is 15.2. The smallest absolute Gasteiger partial charge is 0.119 e. The van der Waals surface area contributed by atoms with Crippen molar-refractivity contribution < 1.29 is 9.84 Å². The molecule has 2 N–H and O–H groups in total. The third kappa shape index (κ3) is 6.79. The highest BCUT2D eigenvalue weighted by Crippen LogP contribution is 2.16. The highest BCUT2D eigenvalue weighted by molar-refractivity contribution is 9.10. The zero-order valence-electron chi connectivity index (χ0n) is 10.8. The Morgan fingerprint density at radius 2 is 2.06 bits per heavy atom. The molecule has 3 nitrogen and oxygen atoms in total. The largest absolute Gasteiger partial charge is 0.491 e. The summed E-state index contributed by atoms with van der Waals surface area (Å²) in [4.78, 5) is 0. The van der Waals surface area contributed by atoms with Gasteiger partial charge in [-0.1, -0.05) is 27.6 Å². The topological polar surface area (TPSA) is 41.5 Å². The van der Waals surface area contributed by atoms with Gasteiger partial charge in [-0.3, -0.25) is 0 Å². The maximum absolute atomic E-state index is 9.71. The Bertz CT molecular complexity index is 372. The Balaban J connectivity index is 2.18. The first-order valence-corrected chi connectivity index (χ1v) is 6.77. The summed E-state index contributed by atoms with van der Waals surface area (Å²) >= 11 is 3.36. The molecule has 1 unspecified atom stereocenters. The van der Waals surface area contributed by atoms with Crippen LogP contribution in [0.2, 0.25) is 0 Å². The van der Waals surface area contributed by atoms with Gasteiger partial charge in [-0.05, 0) is 38.1 Å². The fourth-order valence-corrected chi connectivity index (χ4v) is 1.57. The maximum atomic E-state index is 9.71. The van der Waals surface area contributed by atoms with E-state index in [9.17, 15) is 5.11 Å². The summed E-state index contributed by atoms with van der Waals surface area (Å²) in [5.74, 6) is 0.765. The molecule has 0 amide bonds. The second-order valence-corrected chi connectivity index (χ2v) is 5.27. The second-order valence-electron chi connectivity index (χ2n) is 4.36. The molecule has 0 aromatic heterocycles. The van der Waals surface area contributed by atoms with Crippen LogP contribution < -0.4 is 10.1 Å². The molecule has 4 heteroatoms. The fraction of sp³-hybridized carbons (Fsp3) is 0.429. The molecular formula is C14H20BrNO2. The zero-order valence-corrected chi connectivity index (χ0v) is 12.4. The fourth-order valence-electron chi connectivity index (χ4n) is 1.31. The number of hydrogen-bond donors (Lipinski definition) is 2. The average Bonchev–Trinajstić information content (AvgIpc) is 2.34. The molecular weight excluding hydrogens is 294 g/mol. The lowest BCUT2D eigenvalue weighted by atomic mass is 10.3. The van der Waals surface area contributed by atoms with Gasteiger partial charge in [-0.15, -0.1) is 0 Å². The summed E-state index contributed by atoms with van der Waals surface area (Å²) in [5, 5.41) is 12.9. The molecule has 18 heavy (non-hydrogen) atoms. The van der Waals surface area contributed by atoms with Crippen LogP contribution in [-0.4, -0.2) is 30.9 Å². The van der Waals surface area contributed by atoms with E-state index >= 15 is 0 Å². The molecule has 1 aromatic rings. The third-order valence-corrected chi connectivity index (χ3v) is 2.82. The number of aliphatic hydroxyl groups is 1. The van der Waals surface area contributed by atoms with Crippen LogP contribution in [0, 0.1) is 0 Å². The van der Waals surface area contributed by atoms with Crippen LogP contribution in [0.15, 0.2) is 40.4 Å². The Morgan fingerprint density at radius 3 is 2.67 bits per heavy atom. The molecule has 0 bridgehead atoms. The van der Waals surface area contributed by atoms with E-state index in [-0.39, 0.29) is 0 Å². The minimum Gasteiger partial charge on any atom is -0.491 e. The van der Waals surface area contributed by atoms with E-state index in [1.807, 2.05) is 24.3 Å². The van der Waals surface area contributed by atoms with Gasteiger partial charge in [0.1, 0.15) is 18.5 Å².